The number of amides is 2. The SMILES string of the molecule is CCOC(=O)c1cncc(NC(=O)/C=C/c2cccc(NC(=O)c3cccc(C(F)(F)F)c3)c2)c1. The van der Waals surface area contributed by atoms with Crippen molar-refractivity contribution in [3.05, 3.63) is 95.3 Å². The van der Waals surface area contributed by atoms with Crippen LogP contribution in [0.1, 0.15) is 38.8 Å². The minimum atomic E-state index is -4.56. The van der Waals surface area contributed by atoms with E-state index in [1.807, 2.05) is 0 Å². The molecule has 2 amide bonds. The molecule has 0 bridgehead atoms. The van der Waals surface area contributed by atoms with Gasteiger partial charge in [-0.05, 0) is 55.0 Å². The van der Waals surface area contributed by atoms with E-state index in [-0.39, 0.29) is 17.7 Å². The van der Waals surface area contributed by atoms with Gasteiger partial charge in [-0.15, -0.1) is 0 Å². The summed E-state index contributed by atoms with van der Waals surface area (Å²) in [6.07, 6.45) is 0.863. The summed E-state index contributed by atoms with van der Waals surface area (Å²) in [7, 11) is 0. The smallest absolute Gasteiger partial charge is 0.416 e. The van der Waals surface area contributed by atoms with E-state index in [9.17, 15) is 27.6 Å². The largest absolute Gasteiger partial charge is 0.462 e. The lowest BCUT2D eigenvalue weighted by Gasteiger charge is -2.09. The normalized spacial score (nSPS) is 11.2. The molecule has 0 radical (unpaired) electrons. The van der Waals surface area contributed by atoms with Gasteiger partial charge in [-0.2, -0.15) is 13.2 Å². The van der Waals surface area contributed by atoms with Crippen LogP contribution < -0.4 is 10.6 Å². The van der Waals surface area contributed by atoms with E-state index in [1.54, 1.807) is 31.2 Å². The molecular formula is C25H20F3N3O4. The molecule has 1 heterocycles. The van der Waals surface area contributed by atoms with Gasteiger partial charge >= 0.3 is 12.1 Å². The molecule has 2 aromatic carbocycles. The van der Waals surface area contributed by atoms with Crippen molar-refractivity contribution >= 4 is 35.2 Å². The predicted octanol–water partition coefficient (Wildman–Crippen LogP) is 5.18. The fourth-order valence-electron chi connectivity index (χ4n) is 2.95. The molecule has 0 aliphatic heterocycles. The van der Waals surface area contributed by atoms with Crippen LogP contribution in [0.15, 0.2) is 73.1 Å². The first-order chi connectivity index (χ1) is 16.7. The molecule has 1 aromatic heterocycles. The number of alkyl halides is 3. The highest BCUT2D eigenvalue weighted by molar-refractivity contribution is 6.05. The number of aromatic nitrogens is 1. The van der Waals surface area contributed by atoms with Crippen molar-refractivity contribution in [2.75, 3.05) is 17.2 Å². The molecule has 0 atom stereocenters. The Labute approximate surface area is 198 Å². The van der Waals surface area contributed by atoms with Gasteiger partial charge in [0.25, 0.3) is 5.91 Å². The van der Waals surface area contributed by atoms with Crippen molar-refractivity contribution in [3.63, 3.8) is 0 Å². The van der Waals surface area contributed by atoms with Crippen LogP contribution in [0.5, 0.6) is 0 Å². The lowest BCUT2D eigenvalue weighted by atomic mass is 10.1. The van der Waals surface area contributed by atoms with Gasteiger partial charge in [-0.25, -0.2) is 4.79 Å². The van der Waals surface area contributed by atoms with E-state index < -0.39 is 29.5 Å². The van der Waals surface area contributed by atoms with Gasteiger partial charge in [-0.1, -0.05) is 18.2 Å². The molecule has 0 aliphatic carbocycles. The number of esters is 1. The van der Waals surface area contributed by atoms with Gasteiger partial charge in [0.2, 0.25) is 5.91 Å². The van der Waals surface area contributed by atoms with E-state index in [4.69, 9.17) is 4.74 Å². The standard InChI is InChI=1S/C25H20F3N3O4/c1-2-35-24(34)18-13-21(15-29-14-18)30-22(32)10-9-16-5-3-8-20(11-16)31-23(33)17-6-4-7-19(12-17)25(26,27)28/h3-15H,2H2,1H3,(H,30,32)(H,31,33)/b10-9+. The Balaban J connectivity index is 1.65. The third-order valence-electron chi connectivity index (χ3n) is 4.54. The third kappa shape index (κ3) is 7.26. The number of halogens is 3. The number of pyridine rings is 1. The van der Waals surface area contributed by atoms with Crippen LogP contribution in [-0.4, -0.2) is 29.4 Å². The molecule has 35 heavy (non-hydrogen) atoms. The maximum Gasteiger partial charge on any atom is 0.416 e. The van der Waals surface area contributed by atoms with Crippen molar-refractivity contribution in [1.82, 2.24) is 4.98 Å². The topological polar surface area (TPSA) is 97.4 Å². The van der Waals surface area contributed by atoms with E-state index in [0.717, 1.165) is 18.2 Å². The minimum Gasteiger partial charge on any atom is -0.462 e. The van der Waals surface area contributed by atoms with Gasteiger partial charge in [-0.3, -0.25) is 14.6 Å². The van der Waals surface area contributed by atoms with Crippen LogP contribution in [0, 0.1) is 0 Å². The lowest BCUT2D eigenvalue weighted by Crippen LogP contribution is -2.14. The zero-order valence-corrected chi connectivity index (χ0v) is 18.4. The van der Waals surface area contributed by atoms with E-state index in [0.29, 0.717) is 16.9 Å². The lowest BCUT2D eigenvalue weighted by molar-refractivity contribution is -0.137. The third-order valence-corrected chi connectivity index (χ3v) is 4.54. The van der Waals surface area contributed by atoms with Crippen LogP contribution in [0.25, 0.3) is 6.08 Å². The first kappa shape index (κ1) is 25.2. The number of nitrogens with one attached hydrogen (secondary N) is 2. The van der Waals surface area contributed by atoms with Crippen molar-refractivity contribution in [3.8, 4) is 0 Å². The number of hydrogen-bond acceptors (Lipinski definition) is 5. The van der Waals surface area contributed by atoms with Gasteiger partial charge < -0.3 is 15.4 Å². The first-order valence-corrected chi connectivity index (χ1v) is 10.4. The summed E-state index contributed by atoms with van der Waals surface area (Å²) in [5.74, 6) is -1.76. The highest BCUT2D eigenvalue weighted by Gasteiger charge is 2.30. The molecule has 0 spiro atoms. The predicted molar refractivity (Wildman–Crippen MR) is 124 cm³/mol. The fourth-order valence-corrected chi connectivity index (χ4v) is 2.95. The molecular weight excluding hydrogens is 463 g/mol. The number of ether oxygens (including phenoxy) is 1. The van der Waals surface area contributed by atoms with E-state index in [2.05, 4.69) is 15.6 Å². The van der Waals surface area contributed by atoms with E-state index in [1.165, 1.54) is 36.7 Å². The molecule has 180 valence electrons. The number of anilines is 2. The van der Waals surface area contributed by atoms with Crippen LogP contribution in [0.3, 0.4) is 0 Å². The number of nitrogens with zero attached hydrogens (tertiary/aromatic N) is 1. The summed E-state index contributed by atoms with van der Waals surface area (Å²) in [4.78, 5) is 40.3. The van der Waals surface area contributed by atoms with Gasteiger partial charge in [0.05, 0.1) is 29.6 Å². The van der Waals surface area contributed by atoms with Crippen molar-refractivity contribution in [2.45, 2.75) is 13.1 Å². The van der Waals surface area contributed by atoms with Crippen LogP contribution in [0.2, 0.25) is 0 Å². The number of rotatable bonds is 7. The summed E-state index contributed by atoms with van der Waals surface area (Å²) < 4.78 is 43.6. The molecule has 3 aromatic rings. The van der Waals surface area contributed by atoms with Gasteiger partial charge in [0.1, 0.15) is 0 Å². The van der Waals surface area contributed by atoms with Gasteiger partial charge in [0, 0.05) is 23.5 Å². The zero-order chi connectivity index (χ0) is 25.4. The molecule has 10 heteroatoms. The van der Waals surface area contributed by atoms with Crippen molar-refractivity contribution < 1.29 is 32.3 Å². The summed E-state index contributed by atoms with van der Waals surface area (Å²) in [5, 5.41) is 5.12. The quantitative estimate of drug-likeness (QED) is 0.357. The number of hydrogen-bond donors (Lipinski definition) is 2. The summed E-state index contributed by atoms with van der Waals surface area (Å²) in [6, 6.07) is 11.9. The Bertz CT molecular complexity index is 1270. The highest BCUT2D eigenvalue weighted by Crippen LogP contribution is 2.29. The average Bonchev–Trinajstić information content (AvgIpc) is 2.83. The van der Waals surface area contributed by atoms with Crippen molar-refractivity contribution in [1.29, 1.82) is 0 Å². The number of benzene rings is 2. The monoisotopic (exact) mass is 483 g/mol. The fraction of sp³-hybridized carbons (Fsp3) is 0.120. The van der Waals surface area contributed by atoms with Crippen LogP contribution >= 0.6 is 0 Å². The van der Waals surface area contributed by atoms with Crippen molar-refractivity contribution in [2.24, 2.45) is 0 Å². The maximum absolute atomic E-state index is 12.9. The summed E-state index contributed by atoms with van der Waals surface area (Å²) >= 11 is 0. The van der Waals surface area contributed by atoms with Crippen LogP contribution in [0.4, 0.5) is 24.5 Å². The molecule has 0 fully saturated rings. The Kier molecular flexibility index (Phi) is 7.98. The Morgan fingerprint density at radius 3 is 2.46 bits per heavy atom. The second-order valence-electron chi connectivity index (χ2n) is 7.16. The molecule has 0 saturated carbocycles. The average molecular weight is 483 g/mol. The molecule has 0 aliphatic rings. The molecule has 0 unspecified atom stereocenters. The second kappa shape index (κ2) is 11.1. The highest BCUT2D eigenvalue weighted by atomic mass is 19.4. The number of carbonyl (C=O) groups is 3. The Morgan fingerprint density at radius 2 is 1.71 bits per heavy atom. The van der Waals surface area contributed by atoms with Crippen LogP contribution in [-0.2, 0) is 15.7 Å². The minimum absolute atomic E-state index is 0.140. The molecule has 2 N–H and O–H groups in total. The second-order valence-corrected chi connectivity index (χ2v) is 7.16. The van der Waals surface area contributed by atoms with Gasteiger partial charge in [0.15, 0.2) is 0 Å². The summed E-state index contributed by atoms with van der Waals surface area (Å²) in [5.41, 5.74) is 0.321. The summed E-state index contributed by atoms with van der Waals surface area (Å²) in [6.45, 7) is 1.88. The Hall–Kier alpha value is -4.47. The zero-order valence-electron chi connectivity index (χ0n) is 18.4. The Morgan fingerprint density at radius 1 is 0.943 bits per heavy atom. The molecule has 7 nitrogen and oxygen atoms in total. The number of carbonyl (C=O) groups excluding carboxylic acids is 3. The molecule has 3 rings (SSSR count). The van der Waals surface area contributed by atoms with E-state index >= 15 is 0 Å². The molecule has 0 saturated heterocycles. The first-order valence-electron chi connectivity index (χ1n) is 10.4. The maximum atomic E-state index is 12.9.